The van der Waals surface area contributed by atoms with Crippen molar-refractivity contribution in [3.63, 3.8) is 0 Å². The molecule has 0 fully saturated rings. The van der Waals surface area contributed by atoms with E-state index in [1.165, 1.54) is 12.2 Å². The summed E-state index contributed by atoms with van der Waals surface area (Å²) in [5.74, 6) is 0. The molecule has 0 aromatic heterocycles. The van der Waals surface area contributed by atoms with Gasteiger partial charge >= 0.3 is 8.56 Å². The second-order valence-electron chi connectivity index (χ2n) is 2.84. The standard InChI is InChI=1S/C9H12O2Si/c1-12(10,11)8-7-9-5-3-2-4-6-9/h2-8,10-11H,1H3. The largest absolute Gasteiger partial charge is 0.408 e. The molecule has 0 unspecified atom stereocenters. The third kappa shape index (κ3) is 3.48. The van der Waals surface area contributed by atoms with Gasteiger partial charge in [-0.25, -0.2) is 0 Å². The van der Waals surface area contributed by atoms with E-state index < -0.39 is 8.56 Å². The lowest BCUT2D eigenvalue weighted by Crippen LogP contribution is -2.26. The highest BCUT2D eigenvalue weighted by Gasteiger charge is 2.15. The molecule has 0 amide bonds. The Morgan fingerprint density at radius 1 is 1.17 bits per heavy atom. The zero-order chi connectivity index (χ0) is 9.03. The van der Waals surface area contributed by atoms with Crippen molar-refractivity contribution in [1.82, 2.24) is 0 Å². The summed E-state index contributed by atoms with van der Waals surface area (Å²) in [5, 5.41) is 0. The summed E-state index contributed by atoms with van der Waals surface area (Å²) < 4.78 is 0. The van der Waals surface area contributed by atoms with Gasteiger partial charge in [0.2, 0.25) is 0 Å². The highest BCUT2D eigenvalue weighted by atomic mass is 28.4. The van der Waals surface area contributed by atoms with E-state index in [1.807, 2.05) is 30.3 Å². The molecule has 0 saturated carbocycles. The number of rotatable bonds is 2. The van der Waals surface area contributed by atoms with Gasteiger partial charge in [0.1, 0.15) is 0 Å². The van der Waals surface area contributed by atoms with Gasteiger partial charge in [-0.1, -0.05) is 36.4 Å². The second-order valence-corrected chi connectivity index (χ2v) is 5.36. The van der Waals surface area contributed by atoms with E-state index in [4.69, 9.17) is 9.59 Å². The lowest BCUT2D eigenvalue weighted by molar-refractivity contribution is 0.390. The molecule has 0 atom stereocenters. The molecule has 0 aliphatic rings. The molecule has 2 nitrogen and oxygen atoms in total. The Hall–Kier alpha value is -0.903. The molecule has 1 aromatic carbocycles. The lowest BCUT2D eigenvalue weighted by atomic mass is 10.2. The molecular formula is C9H12O2Si. The van der Waals surface area contributed by atoms with Gasteiger partial charge in [-0.15, -0.1) is 0 Å². The highest BCUT2D eigenvalue weighted by Crippen LogP contribution is 2.03. The van der Waals surface area contributed by atoms with Crippen molar-refractivity contribution in [3.8, 4) is 0 Å². The Balaban J connectivity index is 2.71. The van der Waals surface area contributed by atoms with Crippen LogP contribution in [0, 0.1) is 0 Å². The zero-order valence-electron chi connectivity index (χ0n) is 6.94. The average Bonchev–Trinajstić information content (AvgIpc) is 2.02. The van der Waals surface area contributed by atoms with Crippen molar-refractivity contribution < 1.29 is 9.59 Å². The van der Waals surface area contributed by atoms with Crippen LogP contribution in [0.2, 0.25) is 6.55 Å². The minimum Gasteiger partial charge on any atom is -0.408 e. The number of hydrogen-bond acceptors (Lipinski definition) is 2. The Morgan fingerprint density at radius 3 is 2.25 bits per heavy atom. The average molecular weight is 180 g/mol. The maximum absolute atomic E-state index is 9.09. The van der Waals surface area contributed by atoms with Crippen LogP contribution in [0.4, 0.5) is 0 Å². The zero-order valence-corrected chi connectivity index (χ0v) is 7.94. The first-order valence-electron chi connectivity index (χ1n) is 3.77. The fraction of sp³-hybridized carbons (Fsp3) is 0.111. The molecule has 1 rings (SSSR count). The normalized spacial score (nSPS) is 12.2. The topological polar surface area (TPSA) is 40.5 Å². The fourth-order valence-electron chi connectivity index (χ4n) is 0.818. The molecule has 1 aromatic rings. The fourth-order valence-corrected chi connectivity index (χ4v) is 1.33. The second kappa shape index (κ2) is 3.67. The first kappa shape index (κ1) is 9.19. The van der Waals surface area contributed by atoms with Crippen LogP contribution in [0.1, 0.15) is 5.56 Å². The van der Waals surface area contributed by atoms with Crippen molar-refractivity contribution in [1.29, 1.82) is 0 Å². The Bertz CT molecular complexity index is 262. The molecule has 0 aliphatic heterocycles. The van der Waals surface area contributed by atoms with Gasteiger partial charge in [-0.2, -0.15) is 0 Å². The van der Waals surface area contributed by atoms with Gasteiger partial charge < -0.3 is 9.59 Å². The Labute approximate surface area is 73.1 Å². The van der Waals surface area contributed by atoms with E-state index >= 15 is 0 Å². The molecule has 12 heavy (non-hydrogen) atoms. The van der Waals surface area contributed by atoms with Crippen LogP contribution >= 0.6 is 0 Å². The maximum atomic E-state index is 9.09. The highest BCUT2D eigenvalue weighted by molar-refractivity contribution is 6.69. The molecule has 0 aliphatic carbocycles. The van der Waals surface area contributed by atoms with Gasteiger partial charge in [0.25, 0.3) is 0 Å². The Kier molecular flexibility index (Phi) is 2.81. The van der Waals surface area contributed by atoms with Crippen molar-refractivity contribution in [2.24, 2.45) is 0 Å². The van der Waals surface area contributed by atoms with Crippen LogP contribution in [0.5, 0.6) is 0 Å². The van der Waals surface area contributed by atoms with Gasteiger partial charge in [-0.3, -0.25) is 0 Å². The third-order valence-corrected chi connectivity index (χ3v) is 2.19. The molecular weight excluding hydrogens is 168 g/mol. The number of hydrogen-bond donors (Lipinski definition) is 2. The summed E-state index contributed by atoms with van der Waals surface area (Å²) >= 11 is 0. The summed E-state index contributed by atoms with van der Waals surface area (Å²) in [5.41, 5.74) is 2.46. The minimum atomic E-state index is -3.02. The van der Waals surface area contributed by atoms with Gasteiger partial charge in [0.15, 0.2) is 0 Å². The van der Waals surface area contributed by atoms with Crippen LogP contribution in [0.3, 0.4) is 0 Å². The molecule has 2 N–H and O–H groups in total. The summed E-state index contributed by atoms with van der Waals surface area (Å²) in [4.78, 5) is 18.2. The van der Waals surface area contributed by atoms with Crippen LogP contribution in [-0.4, -0.2) is 18.2 Å². The monoisotopic (exact) mass is 180 g/mol. The van der Waals surface area contributed by atoms with Crippen LogP contribution in [0.25, 0.3) is 6.08 Å². The van der Waals surface area contributed by atoms with Crippen LogP contribution in [0.15, 0.2) is 36.0 Å². The lowest BCUT2D eigenvalue weighted by Gasteiger charge is -2.03. The minimum absolute atomic E-state index is 0.985. The van der Waals surface area contributed by atoms with E-state index in [0.717, 1.165) is 5.56 Å². The molecule has 3 heteroatoms. The van der Waals surface area contributed by atoms with Crippen molar-refractivity contribution in [3.05, 3.63) is 41.6 Å². The van der Waals surface area contributed by atoms with Gasteiger partial charge in [0, 0.05) is 0 Å². The number of benzene rings is 1. The van der Waals surface area contributed by atoms with Crippen LogP contribution < -0.4 is 0 Å². The molecule has 64 valence electrons. The molecule has 0 bridgehead atoms. The van der Waals surface area contributed by atoms with E-state index in [2.05, 4.69) is 0 Å². The van der Waals surface area contributed by atoms with E-state index in [1.54, 1.807) is 6.08 Å². The maximum Gasteiger partial charge on any atom is 0.356 e. The summed E-state index contributed by atoms with van der Waals surface area (Å²) in [7, 11) is -3.02. The van der Waals surface area contributed by atoms with Gasteiger partial charge in [0.05, 0.1) is 0 Å². The van der Waals surface area contributed by atoms with Crippen molar-refractivity contribution in [2.45, 2.75) is 6.55 Å². The van der Waals surface area contributed by atoms with E-state index in [9.17, 15) is 0 Å². The van der Waals surface area contributed by atoms with Crippen molar-refractivity contribution in [2.75, 3.05) is 0 Å². The van der Waals surface area contributed by atoms with E-state index in [0.29, 0.717) is 0 Å². The predicted octanol–water partition coefficient (Wildman–Crippen LogP) is 1.30. The SMILES string of the molecule is C[Si](O)(O)C=Cc1ccccc1. The molecule has 0 saturated heterocycles. The van der Waals surface area contributed by atoms with Gasteiger partial charge in [-0.05, 0) is 17.8 Å². The molecule has 0 heterocycles. The quantitative estimate of drug-likeness (QED) is 0.673. The van der Waals surface area contributed by atoms with E-state index in [-0.39, 0.29) is 0 Å². The summed E-state index contributed by atoms with van der Waals surface area (Å²) in [6.45, 7) is 1.45. The first-order chi connectivity index (χ1) is 5.58. The van der Waals surface area contributed by atoms with Crippen LogP contribution in [-0.2, 0) is 0 Å². The summed E-state index contributed by atoms with van der Waals surface area (Å²) in [6.07, 6.45) is 1.73. The third-order valence-electron chi connectivity index (χ3n) is 1.39. The smallest absolute Gasteiger partial charge is 0.356 e. The molecule has 0 spiro atoms. The predicted molar refractivity (Wildman–Crippen MR) is 51.5 cm³/mol. The summed E-state index contributed by atoms with van der Waals surface area (Å²) in [6, 6.07) is 9.57. The first-order valence-corrected chi connectivity index (χ1v) is 6.24. The van der Waals surface area contributed by atoms with Crippen molar-refractivity contribution >= 4 is 14.6 Å². The Morgan fingerprint density at radius 2 is 1.75 bits per heavy atom. The molecule has 0 radical (unpaired) electrons.